The Morgan fingerprint density at radius 1 is 1.50 bits per heavy atom. The molecule has 0 spiro atoms. The van der Waals surface area contributed by atoms with Crippen molar-refractivity contribution in [1.29, 1.82) is 0 Å². The summed E-state index contributed by atoms with van der Waals surface area (Å²) >= 11 is 0. The van der Waals surface area contributed by atoms with Gasteiger partial charge in [0.25, 0.3) is 0 Å². The predicted molar refractivity (Wildman–Crippen MR) is 67.0 cm³/mol. The first-order valence-electron chi connectivity index (χ1n) is 6.44. The Bertz CT molecular complexity index is 384. The number of carbonyl (C=O) groups is 1. The molecule has 0 aromatic rings. The molecule has 2 bridgehead atoms. The van der Waals surface area contributed by atoms with Crippen LogP contribution >= 0.6 is 0 Å². The van der Waals surface area contributed by atoms with Gasteiger partial charge in [-0.15, -0.1) is 0 Å². The summed E-state index contributed by atoms with van der Waals surface area (Å²) in [4.78, 5) is 16.8. The smallest absolute Gasteiger partial charge is 0.410 e. The number of rotatable bonds is 2. The van der Waals surface area contributed by atoms with E-state index in [9.17, 15) is 4.79 Å². The Morgan fingerprint density at radius 2 is 2.22 bits per heavy atom. The van der Waals surface area contributed by atoms with Crippen molar-refractivity contribution in [2.24, 2.45) is 11.0 Å². The lowest BCUT2D eigenvalue weighted by Crippen LogP contribution is -2.40. The molecule has 2 aliphatic heterocycles. The summed E-state index contributed by atoms with van der Waals surface area (Å²) in [7, 11) is 0. The fourth-order valence-corrected chi connectivity index (χ4v) is 3.05. The van der Waals surface area contributed by atoms with Crippen LogP contribution < -0.4 is 0 Å². The summed E-state index contributed by atoms with van der Waals surface area (Å²) in [5.41, 5.74) is 7.92. The topological polar surface area (TPSA) is 78.3 Å². The maximum Gasteiger partial charge on any atom is 0.410 e. The molecule has 3 unspecified atom stereocenters. The maximum absolute atomic E-state index is 12.1. The Hall–Kier alpha value is -1.42. The number of ether oxygens (including phenoxy) is 1. The van der Waals surface area contributed by atoms with Gasteiger partial charge < -0.3 is 9.64 Å². The molecule has 0 N–H and O–H groups in total. The second kappa shape index (κ2) is 4.69. The van der Waals surface area contributed by atoms with E-state index in [-0.39, 0.29) is 18.2 Å². The van der Waals surface area contributed by atoms with E-state index in [1.807, 2.05) is 25.7 Å². The summed E-state index contributed by atoms with van der Waals surface area (Å²) < 4.78 is 5.44. The summed E-state index contributed by atoms with van der Waals surface area (Å²) in [5.74, 6) is 0.298. The van der Waals surface area contributed by atoms with Gasteiger partial charge in [-0.2, -0.15) is 0 Å². The Balaban J connectivity index is 2.02. The van der Waals surface area contributed by atoms with Crippen LogP contribution in [0.3, 0.4) is 0 Å². The zero-order valence-electron chi connectivity index (χ0n) is 11.2. The molecular formula is C12H20N4O2. The van der Waals surface area contributed by atoms with Gasteiger partial charge in [-0.25, -0.2) is 4.79 Å². The minimum Gasteiger partial charge on any atom is -0.444 e. The van der Waals surface area contributed by atoms with Crippen LogP contribution in [-0.2, 0) is 4.74 Å². The minimum absolute atomic E-state index is 0.190. The number of amides is 1. The van der Waals surface area contributed by atoms with E-state index >= 15 is 0 Å². The Labute approximate surface area is 107 Å². The van der Waals surface area contributed by atoms with Gasteiger partial charge in [0.2, 0.25) is 0 Å². The Morgan fingerprint density at radius 3 is 2.83 bits per heavy atom. The van der Waals surface area contributed by atoms with Crippen LogP contribution in [0.1, 0.15) is 40.0 Å². The van der Waals surface area contributed by atoms with Crippen molar-refractivity contribution in [3.63, 3.8) is 0 Å². The molecule has 6 nitrogen and oxygen atoms in total. The SMILES string of the molecule is CC(C)(C)OC(=O)N1C2CCC1C(CN=[N+]=[N-])C2. The average Bonchev–Trinajstić information content (AvgIpc) is 2.80. The fraction of sp³-hybridized carbons (Fsp3) is 0.917. The van der Waals surface area contributed by atoms with Crippen molar-refractivity contribution in [3.8, 4) is 0 Å². The first-order chi connectivity index (χ1) is 8.42. The van der Waals surface area contributed by atoms with Gasteiger partial charge in [0.05, 0.1) is 0 Å². The predicted octanol–water partition coefficient (Wildman–Crippen LogP) is 3.08. The second-order valence-electron chi connectivity index (χ2n) is 6.10. The van der Waals surface area contributed by atoms with Gasteiger partial charge in [-0.1, -0.05) is 5.11 Å². The molecule has 3 atom stereocenters. The van der Waals surface area contributed by atoms with Crippen molar-refractivity contribution in [2.75, 3.05) is 6.54 Å². The molecule has 2 fully saturated rings. The van der Waals surface area contributed by atoms with Crippen LogP contribution in [-0.4, -0.2) is 35.2 Å². The molecule has 0 aromatic heterocycles. The molecular weight excluding hydrogens is 232 g/mol. The average molecular weight is 252 g/mol. The standard InChI is InChI=1S/C12H20N4O2/c1-12(2,3)18-11(17)16-9-4-5-10(16)8(6-9)7-14-15-13/h8-10H,4-7H2,1-3H3. The van der Waals surface area contributed by atoms with Gasteiger partial charge in [-0.05, 0) is 51.5 Å². The maximum atomic E-state index is 12.1. The molecule has 2 saturated heterocycles. The number of nitrogens with zero attached hydrogens (tertiary/aromatic N) is 4. The van der Waals surface area contributed by atoms with Crippen LogP contribution in [0.5, 0.6) is 0 Å². The molecule has 2 heterocycles. The lowest BCUT2D eigenvalue weighted by atomic mass is 9.89. The highest BCUT2D eigenvalue weighted by Crippen LogP contribution is 2.42. The molecule has 2 rings (SSSR count). The van der Waals surface area contributed by atoms with Gasteiger partial charge in [0.15, 0.2) is 0 Å². The molecule has 100 valence electrons. The third-order valence-electron chi connectivity index (χ3n) is 3.65. The number of carbonyl (C=O) groups excluding carboxylic acids is 1. The Kier molecular flexibility index (Phi) is 3.39. The van der Waals surface area contributed by atoms with E-state index in [2.05, 4.69) is 10.0 Å². The van der Waals surface area contributed by atoms with Crippen LogP contribution in [0.25, 0.3) is 10.4 Å². The first-order valence-corrected chi connectivity index (χ1v) is 6.44. The van der Waals surface area contributed by atoms with Crippen LogP contribution in [0.15, 0.2) is 5.11 Å². The summed E-state index contributed by atoms with van der Waals surface area (Å²) in [6.45, 7) is 6.11. The molecule has 0 radical (unpaired) electrons. The van der Waals surface area contributed by atoms with Gasteiger partial charge in [0.1, 0.15) is 5.60 Å². The van der Waals surface area contributed by atoms with E-state index in [1.165, 1.54) is 0 Å². The summed E-state index contributed by atoms with van der Waals surface area (Å²) in [6, 6.07) is 0.457. The molecule has 1 amide bonds. The van der Waals surface area contributed by atoms with Crippen molar-refractivity contribution >= 4 is 6.09 Å². The summed E-state index contributed by atoms with van der Waals surface area (Å²) in [5, 5.41) is 3.64. The molecule has 18 heavy (non-hydrogen) atoms. The normalized spacial score (nSPS) is 30.2. The summed E-state index contributed by atoms with van der Waals surface area (Å²) in [6.07, 6.45) is 2.74. The van der Waals surface area contributed by atoms with Crippen molar-refractivity contribution in [3.05, 3.63) is 10.4 Å². The van der Waals surface area contributed by atoms with Crippen molar-refractivity contribution in [2.45, 2.75) is 57.7 Å². The number of hydrogen-bond donors (Lipinski definition) is 0. The van der Waals surface area contributed by atoms with E-state index in [1.54, 1.807) is 0 Å². The highest BCUT2D eigenvalue weighted by molar-refractivity contribution is 5.70. The molecule has 0 aliphatic carbocycles. The zero-order valence-corrected chi connectivity index (χ0v) is 11.2. The third kappa shape index (κ3) is 2.53. The lowest BCUT2D eigenvalue weighted by molar-refractivity contribution is 0.0206. The highest BCUT2D eigenvalue weighted by atomic mass is 16.6. The number of hydrogen-bond acceptors (Lipinski definition) is 3. The lowest BCUT2D eigenvalue weighted by Gasteiger charge is -2.28. The van der Waals surface area contributed by atoms with E-state index in [0.717, 1.165) is 19.3 Å². The van der Waals surface area contributed by atoms with E-state index in [4.69, 9.17) is 10.3 Å². The molecule has 6 heteroatoms. The quantitative estimate of drug-likeness (QED) is 0.430. The third-order valence-corrected chi connectivity index (χ3v) is 3.65. The van der Waals surface area contributed by atoms with Crippen LogP contribution in [0, 0.1) is 5.92 Å². The largest absolute Gasteiger partial charge is 0.444 e. The second-order valence-corrected chi connectivity index (χ2v) is 6.10. The molecule has 2 aliphatic rings. The van der Waals surface area contributed by atoms with Crippen molar-refractivity contribution in [1.82, 2.24) is 4.90 Å². The molecule has 0 aromatic carbocycles. The first kappa shape index (κ1) is 13.0. The van der Waals surface area contributed by atoms with E-state index in [0.29, 0.717) is 12.5 Å². The number of fused-ring (bicyclic) bond motifs is 2. The van der Waals surface area contributed by atoms with Gasteiger partial charge in [-0.3, -0.25) is 0 Å². The van der Waals surface area contributed by atoms with Crippen LogP contribution in [0.4, 0.5) is 4.79 Å². The number of azide groups is 1. The minimum atomic E-state index is -0.459. The van der Waals surface area contributed by atoms with Crippen molar-refractivity contribution < 1.29 is 9.53 Å². The monoisotopic (exact) mass is 252 g/mol. The fourth-order valence-electron chi connectivity index (χ4n) is 3.05. The zero-order chi connectivity index (χ0) is 13.3. The van der Waals surface area contributed by atoms with E-state index < -0.39 is 5.60 Å². The van der Waals surface area contributed by atoms with Crippen LogP contribution in [0.2, 0.25) is 0 Å². The van der Waals surface area contributed by atoms with Gasteiger partial charge >= 0.3 is 6.09 Å². The highest BCUT2D eigenvalue weighted by Gasteiger charge is 2.49. The van der Waals surface area contributed by atoms with Gasteiger partial charge in [0, 0.05) is 23.5 Å². The molecule has 0 saturated carbocycles.